The van der Waals surface area contributed by atoms with Gasteiger partial charge in [-0.2, -0.15) is 0 Å². The Hall–Kier alpha value is -2.85. The Kier molecular flexibility index (Phi) is 6.05. The third-order valence-corrected chi connectivity index (χ3v) is 6.37. The molecule has 1 aliphatic rings. The van der Waals surface area contributed by atoms with Crippen molar-refractivity contribution in [2.75, 3.05) is 20.2 Å². The molecule has 1 heterocycles. The van der Waals surface area contributed by atoms with Crippen molar-refractivity contribution in [2.45, 2.75) is 39.2 Å². The summed E-state index contributed by atoms with van der Waals surface area (Å²) in [6, 6.07) is 15.6. The Bertz CT molecular complexity index is 1080. The van der Waals surface area contributed by atoms with E-state index in [4.69, 9.17) is 4.74 Å². The standard InChI is InChI=1S/C26H30N2O2/c1-4-28(14-13-21-17-27-24-8-6-5-7-22(21)24)25-12-10-20-16-19(9-11-23(20)25)18(2)15-26(29)30-3/h5-9,11,15-17,25,27H,4,10,12-14H2,1-3H3. The number of aromatic amines is 1. The van der Waals surface area contributed by atoms with Gasteiger partial charge in [0.2, 0.25) is 0 Å². The first-order chi connectivity index (χ1) is 14.6. The maximum atomic E-state index is 11.6. The Balaban J connectivity index is 1.49. The van der Waals surface area contributed by atoms with E-state index in [0.717, 1.165) is 43.5 Å². The zero-order valence-corrected chi connectivity index (χ0v) is 18.1. The Labute approximate surface area is 178 Å². The average molecular weight is 403 g/mol. The molecule has 0 amide bonds. The quantitative estimate of drug-likeness (QED) is 0.431. The highest BCUT2D eigenvalue weighted by atomic mass is 16.5. The maximum Gasteiger partial charge on any atom is 0.330 e. The molecule has 4 rings (SSSR count). The number of carbonyl (C=O) groups is 1. The molecular weight excluding hydrogens is 372 g/mol. The minimum absolute atomic E-state index is 0.305. The van der Waals surface area contributed by atoms with Crippen molar-refractivity contribution in [1.29, 1.82) is 0 Å². The van der Waals surface area contributed by atoms with Gasteiger partial charge in [-0.15, -0.1) is 0 Å². The number of likely N-dealkylation sites (N-methyl/N-ethyl adjacent to an activating group) is 1. The molecule has 1 aromatic heterocycles. The number of fused-ring (bicyclic) bond motifs is 2. The smallest absolute Gasteiger partial charge is 0.330 e. The Morgan fingerprint density at radius 1 is 1.27 bits per heavy atom. The fourth-order valence-electron chi connectivity index (χ4n) is 4.68. The number of ether oxygens (including phenoxy) is 1. The highest BCUT2D eigenvalue weighted by Gasteiger charge is 2.27. The summed E-state index contributed by atoms with van der Waals surface area (Å²) in [5, 5.41) is 1.33. The van der Waals surface area contributed by atoms with Crippen molar-refractivity contribution in [2.24, 2.45) is 0 Å². The van der Waals surface area contributed by atoms with E-state index in [1.807, 2.05) is 6.92 Å². The van der Waals surface area contributed by atoms with E-state index in [9.17, 15) is 4.79 Å². The second kappa shape index (κ2) is 8.88. The highest BCUT2D eigenvalue weighted by Crippen LogP contribution is 2.37. The summed E-state index contributed by atoms with van der Waals surface area (Å²) in [6.07, 6.45) is 7.00. The molecule has 4 nitrogen and oxygen atoms in total. The van der Waals surface area contributed by atoms with Crippen LogP contribution in [0.25, 0.3) is 16.5 Å². The first kappa shape index (κ1) is 20.4. The van der Waals surface area contributed by atoms with Crippen LogP contribution in [-0.4, -0.2) is 36.1 Å². The van der Waals surface area contributed by atoms with Crippen LogP contribution in [0.1, 0.15) is 48.6 Å². The lowest BCUT2D eigenvalue weighted by Crippen LogP contribution is -2.29. The van der Waals surface area contributed by atoms with Crippen molar-refractivity contribution in [3.8, 4) is 0 Å². The van der Waals surface area contributed by atoms with Gasteiger partial charge in [-0.1, -0.05) is 43.3 Å². The fourth-order valence-corrected chi connectivity index (χ4v) is 4.68. The molecule has 1 unspecified atom stereocenters. The van der Waals surface area contributed by atoms with Crippen LogP contribution in [-0.2, 0) is 22.4 Å². The summed E-state index contributed by atoms with van der Waals surface area (Å²) in [4.78, 5) is 17.5. The van der Waals surface area contributed by atoms with Gasteiger partial charge in [0, 0.05) is 35.8 Å². The monoisotopic (exact) mass is 402 g/mol. The lowest BCUT2D eigenvalue weighted by molar-refractivity contribution is -0.134. The molecule has 1 aliphatic carbocycles. The van der Waals surface area contributed by atoms with E-state index in [2.05, 4.69) is 65.5 Å². The zero-order chi connectivity index (χ0) is 21.1. The molecule has 0 saturated heterocycles. The number of aryl methyl sites for hydroxylation is 1. The number of aromatic nitrogens is 1. The number of nitrogens with zero attached hydrogens (tertiary/aromatic N) is 1. The van der Waals surface area contributed by atoms with Crippen molar-refractivity contribution < 1.29 is 9.53 Å². The Morgan fingerprint density at radius 2 is 2.10 bits per heavy atom. The van der Waals surface area contributed by atoms with E-state index < -0.39 is 0 Å². The van der Waals surface area contributed by atoms with Crippen LogP contribution < -0.4 is 0 Å². The lowest BCUT2D eigenvalue weighted by Gasteiger charge is -2.28. The van der Waals surface area contributed by atoms with E-state index in [1.165, 1.54) is 34.7 Å². The minimum Gasteiger partial charge on any atom is -0.466 e. The summed E-state index contributed by atoms with van der Waals surface area (Å²) >= 11 is 0. The minimum atomic E-state index is -0.305. The molecule has 156 valence electrons. The first-order valence-electron chi connectivity index (χ1n) is 10.8. The van der Waals surface area contributed by atoms with Crippen LogP contribution in [0.2, 0.25) is 0 Å². The highest BCUT2D eigenvalue weighted by molar-refractivity contribution is 5.90. The molecule has 0 radical (unpaired) electrons. The number of nitrogens with one attached hydrogen (secondary N) is 1. The summed E-state index contributed by atoms with van der Waals surface area (Å²) in [7, 11) is 1.41. The van der Waals surface area contributed by atoms with Crippen LogP contribution in [0, 0.1) is 0 Å². The second-order valence-corrected chi connectivity index (χ2v) is 8.06. The van der Waals surface area contributed by atoms with Gasteiger partial charge in [0.1, 0.15) is 0 Å². The summed E-state index contributed by atoms with van der Waals surface area (Å²) in [5.74, 6) is -0.305. The Morgan fingerprint density at radius 3 is 2.90 bits per heavy atom. The van der Waals surface area contributed by atoms with Gasteiger partial charge >= 0.3 is 5.97 Å². The molecule has 0 aliphatic heterocycles. The van der Waals surface area contributed by atoms with E-state index in [0.29, 0.717) is 6.04 Å². The average Bonchev–Trinajstić information content (AvgIpc) is 3.38. The third-order valence-electron chi connectivity index (χ3n) is 6.37. The normalized spacial score (nSPS) is 16.3. The number of methoxy groups -OCH3 is 1. The third kappa shape index (κ3) is 4.05. The summed E-state index contributed by atoms with van der Waals surface area (Å²) in [6.45, 7) is 6.30. The zero-order valence-electron chi connectivity index (χ0n) is 18.1. The molecule has 0 spiro atoms. The van der Waals surface area contributed by atoms with Crippen LogP contribution in [0.3, 0.4) is 0 Å². The molecule has 3 aromatic rings. The van der Waals surface area contributed by atoms with Crippen molar-refractivity contribution >= 4 is 22.4 Å². The second-order valence-electron chi connectivity index (χ2n) is 8.06. The molecule has 1 N–H and O–H groups in total. The molecule has 0 bridgehead atoms. The fraction of sp³-hybridized carbons (Fsp3) is 0.346. The summed E-state index contributed by atoms with van der Waals surface area (Å²) < 4.78 is 4.76. The number of rotatable bonds is 7. The summed E-state index contributed by atoms with van der Waals surface area (Å²) in [5.41, 5.74) is 7.48. The molecule has 0 fully saturated rings. The molecule has 4 heteroatoms. The number of hydrogen-bond donors (Lipinski definition) is 1. The number of para-hydroxylation sites is 1. The van der Waals surface area contributed by atoms with E-state index in [1.54, 1.807) is 6.08 Å². The van der Waals surface area contributed by atoms with Gasteiger partial charge in [0.05, 0.1) is 7.11 Å². The van der Waals surface area contributed by atoms with Crippen LogP contribution in [0.4, 0.5) is 0 Å². The van der Waals surface area contributed by atoms with Crippen molar-refractivity contribution in [3.05, 3.63) is 77.0 Å². The van der Waals surface area contributed by atoms with Gasteiger partial charge < -0.3 is 9.72 Å². The molecule has 2 aromatic carbocycles. The SMILES string of the molecule is CCN(CCc1c[nH]c2ccccc12)C1CCc2cc(C(C)=CC(=O)OC)ccc21. The van der Waals surface area contributed by atoms with Gasteiger partial charge in [-0.25, -0.2) is 4.79 Å². The number of benzene rings is 2. The van der Waals surface area contributed by atoms with Crippen LogP contribution in [0.5, 0.6) is 0 Å². The van der Waals surface area contributed by atoms with Gasteiger partial charge in [-0.05, 0) is 66.6 Å². The van der Waals surface area contributed by atoms with E-state index >= 15 is 0 Å². The number of hydrogen-bond acceptors (Lipinski definition) is 3. The van der Waals surface area contributed by atoms with Gasteiger partial charge in [0.15, 0.2) is 0 Å². The van der Waals surface area contributed by atoms with Gasteiger partial charge in [0.25, 0.3) is 0 Å². The van der Waals surface area contributed by atoms with Crippen molar-refractivity contribution in [3.63, 3.8) is 0 Å². The maximum absolute atomic E-state index is 11.6. The first-order valence-corrected chi connectivity index (χ1v) is 10.8. The lowest BCUT2D eigenvalue weighted by atomic mass is 9.99. The van der Waals surface area contributed by atoms with Crippen LogP contribution in [0.15, 0.2) is 54.7 Å². The molecule has 0 saturated carbocycles. The number of H-pyrrole nitrogens is 1. The van der Waals surface area contributed by atoms with Gasteiger partial charge in [-0.3, -0.25) is 4.90 Å². The topological polar surface area (TPSA) is 45.3 Å². The number of allylic oxidation sites excluding steroid dienone is 1. The van der Waals surface area contributed by atoms with E-state index in [-0.39, 0.29) is 5.97 Å². The largest absolute Gasteiger partial charge is 0.466 e. The molecular formula is C26H30N2O2. The predicted octanol–water partition coefficient (Wildman–Crippen LogP) is 5.30. The molecule has 1 atom stereocenters. The predicted molar refractivity (Wildman–Crippen MR) is 122 cm³/mol. The number of esters is 1. The number of carbonyl (C=O) groups excluding carboxylic acids is 1. The molecule has 30 heavy (non-hydrogen) atoms. The van der Waals surface area contributed by atoms with Crippen LogP contribution >= 0.6 is 0 Å². The van der Waals surface area contributed by atoms with Crippen molar-refractivity contribution in [1.82, 2.24) is 9.88 Å².